The van der Waals surface area contributed by atoms with Gasteiger partial charge in [0, 0.05) is 10.6 Å². The number of aromatic hydroxyl groups is 1. The molecule has 0 amide bonds. The maximum absolute atomic E-state index is 13.4. The first-order valence-electron chi connectivity index (χ1n) is 13.7. The van der Waals surface area contributed by atoms with E-state index in [2.05, 4.69) is 0 Å². The molecule has 3 aromatic carbocycles. The van der Waals surface area contributed by atoms with Gasteiger partial charge in [0.1, 0.15) is 10.6 Å². The minimum Gasteiger partial charge on any atom is -0.507 e. The lowest BCUT2D eigenvalue weighted by Gasteiger charge is -2.21. The fourth-order valence-corrected chi connectivity index (χ4v) is 7.27. The van der Waals surface area contributed by atoms with Crippen LogP contribution in [0.2, 0.25) is 0 Å². The van der Waals surface area contributed by atoms with Crippen LogP contribution in [-0.2, 0) is 14.6 Å². The number of sulfone groups is 1. The normalized spacial score (nSPS) is 16.7. The minimum absolute atomic E-state index is 0.0256. The van der Waals surface area contributed by atoms with E-state index in [1.807, 2.05) is 31.2 Å². The van der Waals surface area contributed by atoms with Gasteiger partial charge in [-0.25, -0.2) is 8.42 Å². The molecule has 11 heteroatoms. The standard InChI is InChI=1S/C31H38O9S2/c1-6-15-42(33,34)29-19-21(18-27(37-4)31(29)39-13-14-41-28-10-8-7-9-22(28)32)24-12-11-23(40-24)20-16-25(35-2)30(38-5)26(17-20)36-3/h7-10,16-19,23-24,32H,6,11-15H2,1-5H3/t23-,24?/m0/s1. The van der Waals surface area contributed by atoms with Gasteiger partial charge in [0.15, 0.2) is 32.8 Å². The molecule has 1 aliphatic rings. The first kappa shape index (κ1) is 31.7. The lowest BCUT2D eigenvalue weighted by molar-refractivity contribution is 0.0435. The monoisotopic (exact) mass is 618 g/mol. The summed E-state index contributed by atoms with van der Waals surface area (Å²) in [7, 11) is 2.52. The van der Waals surface area contributed by atoms with Crippen molar-refractivity contribution in [1.29, 1.82) is 0 Å². The second kappa shape index (κ2) is 14.3. The van der Waals surface area contributed by atoms with Gasteiger partial charge >= 0.3 is 0 Å². The van der Waals surface area contributed by atoms with Gasteiger partial charge in [0.2, 0.25) is 5.75 Å². The number of phenols is 1. The summed E-state index contributed by atoms with van der Waals surface area (Å²) in [6.45, 7) is 2.04. The van der Waals surface area contributed by atoms with Gasteiger partial charge in [0.25, 0.3) is 0 Å². The highest BCUT2D eigenvalue weighted by molar-refractivity contribution is 7.99. The van der Waals surface area contributed by atoms with E-state index in [1.54, 1.807) is 45.6 Å². The third kappa shape index (κ3) is 7.02. The molecule has 0 saturated carbocycles. The highest BCUT2D eigenvalue weighted by atomic mass is 32.2. The van der Waals surface area contributed by atoms with Crippen molar-refractivity contribution in [2.45, 2.75) is 48.2 Å². The van der Waals surface area contributed by atoms with E-state index in [4.69, 9.17) is 28.4 Å². The molecule has 228 valence electrons. The topological polar surface area (TPSA) is 110 Å². The Bertz CT molecular complexity index is 1450. The van der Waals surface area contributed by atoms with Crippen LogP contribution < -0.4 is 23.7 Å². The van der Waals surface area contributed by atoms with Crippen LogP contribution in [0, 0.1) is 0 Å². The molecule has 0 aliphatic carbocycles. The van der Waals surface area contributed by atoms with Crippen molar-refractivity contribution < 1.29 is 41.9 Å². The Hall–Kier alpha value is -3.28. The van der Waals surface area contributed by atoms with Crippen LogP contribution in [0.15, 0.2) is 58.3 Å². The lowest BCUT2D eigenvalue weighted by atomic mass is 10.0. The summed E-state index contributed by atoms with van der Waals surface area (Å²) in [4.78, 5) is 0.813. The summed E-state index contributed by atoms with van der Waals surface area (Å²) < 4.78 is 61.5. The molecular formula is C31H38O9S2. The van der Waals surface area contributed by atoms with Crippen molar-refractivity contribution in [3.8, 4) is 34.5 Å². The van der Waals surface area contributed by atoms with Crippen molar-refractivity contribution in [2.75, 3.05) is 46.6 Å². The third-order valence-electron chi connectivity index (χ3n) is 6.97. The van der Waals surface area contributed by atoms with E-state index in [-0.39, 0.29) is 41.0 Å². The Morgan fingerprint density at radius 3 is 1.98 bits per heavy atom. The third-order valence-corrected chi connectivity index (χ3v) is 9.92. The fraction of sp³-hybridized carbons (Fsp3) is 0.419. The average molecular weight is 619 g/mol. The predicted octanol–water partition coefficient (Wildman–Crippen LogP) is 6.37. The summed E-state index contributed by atoms with van der Waals surface area (Å²) in [6.07, 6.45) is 1.23. The molecule has 42 heavy (non-hydrogen) atoms. The van der Waals surface area contributed by atoms with Crippen LogP contribution in [-0.4, -0.2) is 60.1 Å². The molecule has 4 rings (SSSR count). The van der Waals surface area contributed by atoms with E-state index >= 15 is 0 Å². The summed E-state index contributed by atoms with van der Waals surface area (Å²) in [5.41, 5.74) is 1.58. The van der Waals surface area contributed by atoms with Crippen LogP contribution in [0.4, 0.5) is 0 Å². The zero-order valence-electron chi connectivity index (χ0n) is 24.5. The largest absolute Gasteiger partial charge is 0.507 e. The van der Waals surface area contributed by atoms with E-state index in [0.717, 1.165) is 10.5 Å². The predicted molar refractivity (Wildman–Crippen MR) is 162 cm³/mol. The molecule has 0 aromatic heterocycles. The molecule has 1 saturated heterocycles. The Balaban J connectivity index is 1.60. The smallest absolute Gasteiger partial charge is 0.203 e. The van der Waals surface area contributed by atoms with Gasteiger partial charge in [-0.05, 0) is 66.8 Å². The lowest BCUT2D eigenvalue weighted by Crippen LogP contribution is -2.12. The fourth-order valence-electron chi connectivity index (χ4n) is 4.98. The van der Waals surface area contributed by atoms with Gasteiger partial charge in [-0.15, -0.1) is 11.8 Å². The first-order chi connectivity index (χ1) is 20.3. The molecule has 1 heterocycles. The Morgan fingerprint density at radius 1 is 0.857 bits per heavy atom. The molecule has 1 fully saturated rings. The Labute approximate surface area is 252 Å². The first-order valence-corrected chi connectivity index (χ1v) is 16.3. The Morgan fingerprint density at radius 2 is 1.43 bits per heavy atom. The van der Waals surface area contributed by atoms with Gasteiger partial charge < -0.3 is 33.5 Å². The second-order valence-corrected chi connectivity index (χ2v) is 12.9. The maximum atomic E-state index is 13.4. The summed E-state index contributed by atoms with van der Waals surface area (Å²) >= 11 is 1.42. The second-order valence-electron chi connectivity index (χ2n) is 9.68. The molecule has 0 radical (unpaired) electrons. The molecule has 0 spiro atoms. The van der Waals surface area contributed by atoms with Gasteiger partial charge in [0.05, 0.1) is 53.0 Å². The number of para-hydroxylation sites is 1. The zero-order chi connectivity index (χ0) is 30.3. The van der Waals surface area contributed by atoms with Crippen LogP contribution in [0.5, 0.6) is 34.5 Å². The molecular weight excluding hydrogens is 580 g/mol. The van der Waals surface area contributed by atoms with E-state index < -0.39 is 9.84 Å². The number of ether oxygens (including phenoxy) is 6. The summed E-state index contributed by atoms with van der Waals surface area (Å²) in [5.74, 6) is 2.76. The molecule has 1 aliphatic heterocycles. The molecule has 1 N–H and O–H groups in total. The van der Waals surface area contributed by atoms with Crippen molar-refractivity contribution >= 4 is 21.6 Å². The number of hydrogen-bond acceptors (Lipinski definition) is 10. The number of phenolic OH excluding ortho intramolecular Hbond substituents is 1. The molecule has 9 nitrogen and oxygen atoms in total. The minimum atomic E-state index is -3.67. The number of hydrogen-bond donors (Lipinski definition) is 1. The summed E-state index contributed by atoms with van der Waals surface area (Å²) in [6, 6.07) is 14.2. The van der Waals surface area contributed by atoms with Crippen molar-refractivity contribution in [3.05, 3.63) is 59.7 Å². The number of methoxy groups -OCH3 is 4. The SMILES string of the molecule is CCCS(=O)(=O)c1cc(C2CC[C@@H](c3cc(OC)c(OC)c(OC)c3)O2)cc(OC)c1OCCSc1ccccc1O. The highest BCUT2D eigenvalue weighted by Crippen LogP contribution is 2.48. The van der Waals surface area contributed by atoms with Crippen molar-refractivity contribution in [3.63, 3.8) is 0 Å². The van der Waals surface area contributed by atoms with Crippen molar-refractivity contribution in [1.82, 2.24) is 0 Å². The quantitative estimate of drug-likeness (QED) is 0.162. The van der Waals surface area contributed by atoms with Crippen molar-refractivity contribution in [2.24, 2.45) is 0 Å². The van der Waals surface area contributed by atoms with Gasteiger partial charge in [-0.2, -0.15) is 0 Å². The van der Waals surface area contributed by atoms with Crippen LogP contribution in [0.3, 0.4) is 0 Å². The van der Waals surface area contributed by atoms with Gasteiger partial charge in [-0.3, -0.25) is 0 Å². The van der Waals surface area contributed by atoms with Gasteiger partial charge in [-0.1, -0.05) is 19.1 Å². The molecule has 1 unspecified atom stereocenters. The number of thioether (sulfide) groups is 1. The average Bonchev–Trinajstić information content (AvgIpc) is 3.49. The number of benzene rings is 3. The van der Waals surface area contributed by atoms with E-state index in [9.17, 15) is 13.5 Å². The molecule has 3 aromatic rings. The zero-order valence-corrected chi connectivity index (χ0v) is 26.2. The number of rotatable bonds is 14. The van der Waals surface area contributed by atoms with E-state index in [1.165, 1.54) is 18.9 Å². The van der Waals surface area contributed by atoms with Crippen LogP contribution >= 0.6 is 11.8 Å². The molecule has 2 atom stereocenters. The maximum Gasteiger partial charge on any atom is 0.203 e. The van der Waals surface area contributed by atoms with E-state index in [0.29, 0.717) is 53.6 Å². The summed E-state index contributed by atoms with van der Waals surface area (Å²) in [5, 5.41) is 10.0. The Kier molecular flexibility index (Phi) is 10.7. The van der Waals surface area contributed by atoms with Crippen LogP contribution in [0.1, 0.15) is 49.5 Å². The highest BCUT2D eigenvalue weighted by Gasteiger charge is 2.32. The molecule has 0 bridgehead atoms. The van der Waals surface area contributed by atoms with Crippen LogP contribution in [0.25, 0.3) is 0 Å².